The van der Waals surface area contributed by atoms with Gasteiger partial charge in [0.1, 0.15) is 5.60 Å². The van der Waals surface area contributed by atoms with E-state index < -0.39 is 0 Å². The minimum atomic E-state index is -0.326. The summed E-state index contributed by atoms with van der Waals surface area (Å²) in [5.74, 6) is 2.49. The molecule has 3 atom stereocenters. The number of rotatable bonds is 4. The molecule has 3 aliphatic rings. The van der Waals surface area contributed by atoms with Gasteiger partial charge in [-0.1, -0.05) is 13.3 Å². The standard InChI is InChI=1S/C18H30O2/c1-4-17(2,3)16(19)20-18(9-5-6-10-18)15-12-13-7-8-14(15)11-13/h13-15H,4-12H2,1-3H3. The molecule has 20 heavy (non-hydrogen) atoms. The summed E-state index contributed by atoms with van der Waals surface area (Å²) in [4.78, 5) is 12.6. The minimum absolute atomic E-state index is 0.0460. The van der Waals surface area contributed by atoms with Gasteiger partial charge in [0.25, 0.3) is 0 Å². The van der Waals surface area contributed by atoms with Gasteiger partial charge in [0.2, 0.25) is 0 Å². The highest BCUT2D eigenvalue weighted by Gasteiger charge is 2.54. The lowest BCUT2D eigenvalue weighted by atomic mass is 9.74. The molecular formula is C18H30O2. The molecule has 0 heterocycles. The van der Waals surface area contributed by atoms with E-state index in [2.05, 4.69) is 6.92 Å². The van der Waals surface area contributed by atoms with Crippen molar-refractivity contribution >= 4 is 5.97 Å². The molecule has 0 aromatic heterocycles. The summed E-state index contributed by atoms with van der Waals surface area (Å²) in [7, 11) is 0. The molecule has 3 rings (SSSR count). The van der Waals surface area contributed by atoms with E-state index in [1.165, 1.54) is 38.5 Å². The maximum absolute atomic E-state index is 12.6. The molecule has 0 saturated heterocycles. The number of esters is 1. The Labute approximate surface area is 123 Å². The van der Waals surface area contributed by atoms with Gasteiger partial charge in [-0.3, -0.25) is 4.79 Å². The zero-order valence-electron chi connectivity index (χ0n) is 13.4. The van der Waals surface area contributed by atoms with E-state index in [0.717, 1.165) is 31.1 Å². The number of hydrogen-bond donors (Lipinski definition) is 0. The van der Waals surface area contributed by atoms with Gasteiger partial charge >= 0.3 is 5.97 Å². The number of ether oxygens (including phenoxy) is 1. The Morgan fingerprint density at radius 1 is 1.20 bits per heavy atom. The van der Waals surface area contributed by atoms with Crippen LogP contribution in [0.4, 0.5) is 0 Å². The molecule has 0 radical (unpaired) electrons. The molecule has 2 bridgehead atoms. The van der Waals surface area contributed by atoms with Crippen molar-refractivity contribution in [2.45, 2.75) is 84.2 Å². The van der Waals surface area contributed by atoms with Crippen molar-refractivity contribution in [1.29, 1.82) is 0 Å². The number of fused-ring (bicyclic) bond motifs is 2. The molecule has 114 valence electrons. The number of hydrogen-bond acceptors (Lipinski definition) is 2. The monoisotopic (exact) mass is 278 g/mol. The van der Waals surface area contributed by atoms with Crippen LogP contribution in [0.1, 0.15) is 78.6 Å². The lowest BCUT2D eigenvalue weighted by molar-refractivity contribution is -0.179. The fourth-order valence-electron chi connectivity index (χ4n) is 4.88. The third kappa shape index (κ3) is 2.29. The Balaban J connectivity index is 1.77. The molecule has 0 amide bonds. The minimum Gasteiger partial charge on any atom is -0.458 e. The van der Waals surface area contributed by atoms with Crippen molar-refractivity contribution in [3.63, 3.8) is 0 Å². The molecule has 3 aliphatic carbocycles. The molecule has 0 N–H and O–H groups in total. The highest BCUT2D eigenvalue weighted by molar-refractivity contribution is 5.76. The van der Waals surface area contributed by atoms with E-state index in [9.17, 15) is 4.79 Å². The van der Waals surface area contributed by atoms with E-state index in [4.69, 9.17) is 4.74 Å². The summed E-state index contributed by atoms with van der Waals surface area (Å²) < 4.78 is 6.25. The average Bonchev–Trinajstić information content (AvgIpc) is 3.14. The molecule has 3 saturated carbocycles. The first-order valence-electron chi connectivity index (χ1n) is 8.70. The van der Waals surface area contributed by atoms with Gasteiger partial charge < -0.3 is 4.74 Å². The van der Waals surface area contributed by atoms with Crippen LogP contribution in [-0.2, 0) is 9.53 Å². The smallest absolute Gasteiger partial charge is 0.312 e. The fraction of sp³-hybridized carbons (Fsp3) is 0.944. The summed E-state index contributed by atoms with van der Waals surface area (Å²) in [6.07, 6.45) is 11.1. The van der Waals surface area contributed by atoms with Crippen LogP contribution in [0.25, 0.3) is 0 Å². The first-order chi connectivity index (χ1) is 9.47. The highest BCUT2D eigenvalue weighted by Crippen LogP contribution is 2.57. The first kappa shape index (κ1) is 14.4. The average molecular weight is 278 g/mol. The van der Waals surface area contributed by atoms with Gasteiger partial charge in [0.05, 0.1) is 5.41 Å². The van der Waals surface area contributed by atoms with E-state index >= 15 is 0 Å². The summed E-state index contributed by atoms with van der Waals surface area (Å²) in [6.45, 7) is 6.14. The fourth-order valence-corrected chi connectivity index (χ4v) is 4.88. The quantitative estimate of drug-likeness (QED) is 0.696. The Hall–Kier alpha value is -0.530. The van der Waals surface area contributed by atoms with Gasteiger partial charge in [0.15, 0.2) is 0 Å². The highest BCUT2D eigenvalue weighted by atomic mass is 16.6. The van der Waals surface area contributed by atoms with Gasteiger partial charge in [-0.25, -0.2) is 0 Å². The van der Waals surface area contributed by atoms with Gasteiger partial charge in [-0.15, -0.1) is 0 Å². The van der Waals surface area contributed by atoms with Crippen LogP contribution >= 0.6 is 0 Å². The zero-order valence-corrected chi connectivity index (χ0v) is 13.4. The maximum atomic E-state index is 12.6. The maximum Gasteiger partial charge on any atom is 0.312 e. The third-order valence-corrected chi connectivity index (χ3v) is 6.60. The van der Waals surface area contributed by atoms with Crippen molar-refractivity contribution < 1.29 is 9.53 Å². The lowest BCUT2D eigenvalue weighted by Gasteiger charge is -2.41. The summed E-state index contributed by atoms with van der Waals surface area (Å²) in [5, 5.41) is 0. The van der Waals surface area contributed by atoms with E-state index in [-0.39, 0.29) is 17.0 Å². The van der Waals surface area contributed by atoms with E-state index in [1.807, 2.05) is 13.8 Å². The van der Waals surface area contributed by atoms with Crippen LogP contribution in [0.3, 0.4) is 0 Å². The molecule has 0 aromatic rings. The van der Waals surface area contributed by atoms with Crippen LogP contribution in [0, 0.1) is 23.2 Å². The number of carbonyl (C=O) groups is 1. The Morgan fingerprint density at radius 3 is 2.40 bits per heavy atom. The zero-order chi connectivity index (χ0) is 14.4. The van der Waals surface area contributed by atoms with Crippen LogP contribution in [0.5, 0.6) is 0 Å². The topological polar surface area (TPSA) is 26.3 Å². The third-order valence-electron chi connectivity index (χ3n) is 6.60. The molecule has 0 aliphatic heterocycles. The second kappa shape index (κ2) is 5.03. The predicted molar refractivity (Wildman–Crippen MR) is 80.3 cm³/mol. The predicted octanol–water partition coefficient (Wildman–Crippen LogP) is 4.71. The second-order valence-corrected chi connectivity index (χ2v) is 8.18. The molecule has 2 nitrogen and oxygen atoms in total. The van der Waals surface area contributed by atoms with Gasteiger partial charge in [-0.05, 0) is 77.0 Å². The molecule has 3 unspecified atom stereocenters. The number of carbonyl (C=O) groups excluding carboxylic acids is 1. The Morgan fingerprint density at radius 2 is 1.90 bits per heavy atom. The SMILES string of the molecule is CCC(C)(C)C(=O)OC1(C2CC3CCC2C3)CCCC1. The van der Waals surface area contributed by atoms with Crippen LogP contribution in [0.2, 0.25) is 0 Å². The van der Waals surface area contributed by atoms with Crippen LogP contribution in [0.15, 0.2) is 0 Å². The van der Waals surface area contributed by atoms with E-state index in [0.29, 0.717) is 5.92 Å². The van der Waals surface area contributed by atoms with Crippen LogP contribution < -0.4 is 0 Å². The van der Waals surface area contributed by atoms with E-state index in [1.54, 1.807) is 0 Å². The first-order valence-corrected chi connectivity index (χ1v) is 8.70. The molecule has 2 heteroatoms. The Bertz CT molecular complexity index is 379. The second-order valence-electron chi connectivity index (χ2n) is 8.18. The van der Waals surface area contributed by atoms with Crippen molar-refractivity contribution in [3.05, 3.63) is 0 Å². The summed E-state index contributed by atoms with van der Waals surface area (Å²) in [5.41, 5.74) is -0.420. The van der Waals surface area contributed by atoms with Gasteiger partial charge in [-0.2, -0.15) is 0 Å². The van der Waals surface area contributed by atoms with Crippen LogP contribution in [-0.4, -0.2) is 11.6 Å². The van der Waals surface area contributed by atoms with Gasteiger partial charge in [0, 0.05) is 5.92 Å². The molecular weight excluding hydrogens is 248 g/mol. The summed E-state index contributed by atoms with van der Waals surface area (Å²) in [6, 6.07) is 0. The molecule has 0 spiro atoms. The lowest BCUT2D eigenvalue weighted by Crippen LogP contribution is -2.45. The van der Waals surface area contributed by atoms with Crippen molar-refractivity contribution in [2.75, 3.05) is 0 Å². The summed E-state index contributed by atoms with van der Waals surface area (Å²) >= 11 is 0. The van der Waals surface area contributed by atoms with Crippen molar-refractivity contribution in [2.24, 2.45) is 23.2 Å². The normalized spacial score (nSPS) is 35.5. The molecule has 0 aromatic carbocycles. The van der Waals surface area contributed by atoms with Crippen molar-refractivity contribution in [1.82, 2.24) is 0 Å². The molecule has 3 fully saturated rings. The largest absolute Gasteiger partial charge is 0.458 e. The van der Waals surface area contributed by atoms with Crippen molar-refractivity contribution in [3.8, 4) is 0 Å². The Kier molecular flexibility index (Phi) is 3.63.